The summed E-state index contributed by atoms with van der Waals surface area (Å²) < 4.78 is 13.0. The van der Waals surface area contributed by atoms with Gasteiger partial charge in [0.2, 0.25) is 5.91 Å². The topological polar surface area (TPSA) is 58.1 Å². The van der Waals surface area contributed by atoms with Gasteiger partial charge in [0.15, 0.2) is 11.6 Å². The summed E-state index contributed by atoms with van der Waals surface area (Å²) >= 11 is 1.49. The SMILES string of the molecule is O=C(CSCc1ccc(F)cc1)Nc1nc2ccccc2nc1N1CCCC1. The molecule has 0 atom stereocenters. The standard InChI is InChI=1S/C21H21FN4OS/c22-16-9-7-15(8-10-16)13-28-14-19(27)25-20-21(26-11-3-4-12-26)24-18-6-2-1-5-17(18)23-20/h1-2,5-10H,3-4,11-14H2,(H,23,25,27). The Bertz CT molecular complexity index is 974. The van der Waals surface area contributed by atoms with Gasteiger partial charge in [-0.3, -0.25) is 4.79 Å². The highest BCUT2D eigenvalue weighted by Crippen LogP contribution is 2.28. The first-order valence-electron chi connectivity index (χ1n) is 9.33. The van der Waals surface area contributed by atoms with E-state index in [1.54, 1.807) is 12.1 Å². The first-order chi connectivity index (χ1) is 13.7. The number of carbonyl (C=O) groups is 1. The predicted octanol–water partition coefficient (Wildman–Crippen LogP) is 4.24. The number of benzene rings is 2. The highest BCUT2D eigenvalue weighted by Gasteiger charge is 2.20. The molecular weight excluding hydrogens is 375 g/mol. The fourth-order valence-electron chi connectivity index (χ4n) is 3.23. The first kappa shape index (κ1) is 18.7. The quantitative estimate of drug-likeness (QED) is 0.675. The second-order valence-electron chi connectivity index (χ2n) is 6.75. The van der Waals surface area contributed by atoms with E-state index in [-0.39, 0.29) is 11.7 Å². The Labute approximate surface area is 167 Å². The molecule has 1 saturated heterocycles. The lowest BCUT2D eigenvalue weighted by Gasteiger charge is -2.20. The molecule has 4 rings (SSSR count). The molecule has 1 amide bonds. The van der Waals surface area contributed by atoms with Crippen LogP contribution in [0.5, 0.6) is 0 Å². The van der Waals surface area contributed by atoms with E-state index in [9.17, 15) is 9.18 Å². The molecule has 1 fully saturated rings. The normalized spacial score (nSPS) is 13.8. The van der Waals surface area contributed by atoms with E-state index in [1.165, 1.54) is 23.9 Å². The van der Waals surface area contributed by atoms with Gasteiger partial charge in [-0.25, -0.2) is 14.4 Å². The summed E-state index contributed by atoms with van der Waals surface area (Å²) in [5, 5.41) is 2.94. The Morgan fingerprint density at radius 2 is 1.71 bits per heavy atom. The van der Waals surface area contributed by atoms with Crippen LogP contribution in [-0.2, 0) is 10.5 Å². The monoisotopic (exact) mass is 396 g/mol. The molecule has 0 saturated carbocycles. The van der Waals surface area contributed by atoms with Gasteiger partial charge in [0, 0.05) is 18.8 Å². The molecule has 28 heavy (non-hydrogen) atoms. The lowest BCUT2D eigenvalue weighted by atomic mass is 10.2. The predicted molar refractivity (Wildman–Crippen MR) is 112 cm³/mol. The van der Waals surface area contributed by atoms with Gasteiger partial charge in [0.1, 0.15) is 5.82 Å². The zero-order valence-electron chi connectivity index (χ0n) is 15.4. The number of halogens is 1. The number of para-hydroxylation sites is 2. The van der Waals surface area contributed by atoms with Crippen molar-refractivity contribution in [3.63, 3.8) is 0 Å². The third-order valence-electron chi connectivity index (χ3n) is 4.63. The van der Waals surface area contributed by atoms with Crippen molar-refractivity contribution in [3.8, 4) is 0 Å². The van der Waals surface area contributed by atoms with Crippen molar-refractivity contribution in [2.24, 2.45) is 0 Å². The molecule has 3 aromatic rings. The Kier molecular flexibility index (Phi) is 5.71. The minimum atomic E-state index is -0.254. The zero-order valence-corrected chi connectivity index (χ0v) is 16.2. The van der Waals surface area contributed by atoms with Crippen LogP contribution in [0.1, 0.15) is 18.4 Å². The van der Waals surface area contributed by atoms with Gasteiger partial charge in [-0.05, 0) is 42.7 Å². The molecule has 0 radical (unpaired) electrons. The average molecular weight is 396 g/mol. The number of anilines is 2. The van der Waals surface area contributed by atoms with Crippen molar-refractivity contribution in [3.05, 3.63) is 59.9 Å². The maximum absolute atomic E-state index is 13.0. The molecule has 2 aromatic carbocycles. The average Bonchev–Trinajstić information content (AvgIpc) is 3.23. The van der Waals surface area contributed by atoms with Gasteiger partial charge in [-0.1, -0.05) is 24.3 Å². The molecule has 5 nitrogen and oxygen atoms in total. The van der Waals surface area contributed by atoms with Gasteiger partial charge in [0.05, 0.1) is 16.8 Å². The number of hydrogen-bond donors (Lipinski definition) is 1. The Balaban J connectivity index is 1.45. The van der Waals surface area contributed by atoms with E-state index in [4.69, 9.17) is 4.98 Å². The number of nitrogens with zero attached hydrogens (tertiary/aromatic N) is 3. The van der Waals surface area contributed by atoms with E-state index in [1.807, 2.05) is 24.3 Å². The summed E-state index contributed by atoms with van der Waals surface area (Å²) in [5.41, 5.74) is 2.58. The van der Waals surface area contributed by atoms with Crippen molar-refractivity contribution in [1.82, 2.24) is 9.97 Å². The van der Waals surface area contributed by atoms with Crippen LogP contribution in [0.25, 0.3) is 11.0 Å². The lowest BCUT2D eigenvalue weighted by Crippen LogP contribution is -2.24. The highest BCUT2D eigenvalue weighted by atomic mass is 32.2. The van der Waals surface area contributed by atoms with E-state index in [0.717, 1.165) is 48.3 Å². The van der Waals surface area contributed by atoms with Crippen LogP contribution in [0.2, 0.25) is 0 Å². The van der Waals surface area contributed by atoms with Crippen molar-refractivity contribution in [2.45, 2.75) is 18.6 Å². The minimum absolute atomic E-state index is 0.114. The molecule has 1 aliphatic rings. The second-order valence-corrected chi connectivity index (χ2v) is 7.73. The highest BCUT2D eigenvalue weighted by molar-refractivity contribution is 7.99. The molecule has 7 heteroatoms. The third-order valence-corrected chi connectivity index (χ3v) is 5.63. The Morgan fingerprint density at radius 1 is 1.04 bits per heavy atom. The number of hydrogen-bond acceptors (Lipinski definition) is 5. The summed E-state index contributed by atoms with van der Waals surface area (Å²) in [6, 6.07) is 14.0. The van der Waals surface area contributed by atoms with Crippen LogP contribution in [-0.4, -0.2) is 34.7 Å². The van der Waals surface area contributed by atoms with Gasteiger partial charge in [-0.15, -0.1) is 11.8 Å². The van der Waals surface area contributed by atoms with E-state index >= 15 is 0 Å². The maximum atomic E-state index is 13.0. The largest absolute Gasteiger partial charge is 0.354 e. The lowest BCUT2D eigenvalue weighted by molar-refractivity contribution is -0.113. The smallest absolute Gasteiger partial charge is 0.235 e. The molecule has 0 spiro atoms. The van der Waals surface area contributed by atoms with Crippen LogP contribution < -0.4 is 10.2 Å². The molecule has 0 bridgehead atoms. The summed E-state index contributed by atoms with van der Waals surface area (Å²) in [6.07, 6.45) is 2.24. The maximum Gasteiger partial charge on any atom is 0.235 e. The van der Waals surface area contributed by atoms with Crippen LogP contribution in [0.4, 0.5) is 16.0 Å². The molecule has 0 unspecified atom stereocenters. The number of carbonyl (C=O) groups excluding carboxylic acids is 1. The fourth-order valence-corrected chi connectivity index (χ4v) is 4.02. The molecular formula is C21H21FN4OS. The number of nitrogens with one attached hydrogen (secondary N) is 1. The summed E-state index contributed by atoms with van der Waals surface area (Å²) in [7, 11) is 0. The van der Waals surface area contributed by atoms with E-state index in [0.29, 0.717) is 17.3 Å². The number of amides is 1. The van der Waals surface area contributed by atoms with Crippen molar-refractivity contribution < 1.29 is 9.18 Å². The minimum Gasteiger partial charge on any atom is -0.354 e. The first-order valence-corrected chi connectivity index (χ1v) is 10.5. The van der Waals surface area contributed by atoms with E-state index < -0.39 is 0 Å². The molecule has 144 valence electrons. The summed E-state index contributed by atoms with van der Waals surface area (Å²) in [6.45, 7) is 1.85. The van der Waals surface area contributed by atoms with Gasteiger partial charge in [0.25, 0.3) is 0 Å². The number of aromatic nitrogens is 2. The molecule has 2 heterocycles. The fraction of sp³-hybridized carbons (Fsp3) is 0.286. The van der Waals surface area contributed by atoms with Gasteiger partial charge in [-0.2, -0.15) is 0 Å². The molecule has 0 aliphatic carbocycles. The molecule has 1 aromatic heterocycles. The Morgan fingerprint density at radius 3 is 2.43 bits per heavy atom. The summed E-state index contributed by atoms with van der Waals surface area (Å²) in [4.78, 5) is 24.1. The van der Waals surface area contributed by atoms with Crippen LogP contribution in [0, 0.1) is 5.82 Å². The number of fused-ring (bicyclic) bond motifs is 1. The van der Waals surface area contributed by atoms with Crippen LogP contribution >= 0.6 is 11.8 Å². The van der Waals surface area contributed by atoms with Crippen molar-refractivity contribution in [1.29, 1.82) is 0 Å². The molecule has 1 N–H and O–H groups in total. The van der Waals surface area contributed by atoms with Gasteiger partial charge >= 0.3 is 0 Å². The Hall–Kier alpha value is -2.67. The van der Waals surface area contributed by atoms with Crippen LogP contribution in [0.3, 0.4) is 0 Å². The number of thioether (sulfide) groups is 1. The molecule has 1 aliphatic heterocycles. The van der Waals surface area contributed by atoms with Gasteiger partial charge < -0.3 is 10.2 Å². The van der Waals surface area contributed by atoms with Crippen LogP contribution in [0.15, 0.2) is 48.5 Å². The van der Waals surface area contributed by atoms with Crippen molar-refractivity contribution >= 4 is 40.3 Å². The summed E-state index contributed by atoms with van der Waals surface area (Å²) in [5.74, 6) is 1.84. The van der Waals surface area contributed by atoms with E-state index in [2.05, 4.69) is 15.2 Å². The number of rotatable bonds is 6. The third kappa shape index (κ3) is 4.42. The van der Waals surface area contributed by atoms with Crippen molar-refractivity contribution in [2.75, 3.05) is 29.1 Å². The zero-order chi connectivity index (χ0) is 19.3. The second kappa shape index (κ2) is 8.56.